The van der Waals surface area contributed by atoms with Crippen molar-refractivity contribution in [1.29, 1.82) is 0 Å². The first-order chi connectivity index (χ1) is 15.5. The minimum Gasteiger partial charge on any atom is -0.497 e. The minimum atomic E-state index is -0.277. The Morgan fingerprint density at radius 2 is 1.56 bits per heavy atom. The van der Waals surface area contributed by atoms with Gasteiger partial charge in [0.2, 0.25) is 10.7 Å². The van der Waals surface area contributed by atoms with E-state index < -0.39 is 0 Å². The van der Waals surface area contributed by atoms with Gasteiger partial charge in [0.05, 0.1) is 40.1 Å². The number of nitrogens with zero attached hydrogens (tertiary/aromatic N) is 3. The SMILES string of the molecule is COc1ccc(OC)c(/C=c2\sc3nc(-c4cc(OC)c(OC)c(OC)c4)nn3c2=O)c1. The molecule has 0 unspecified atom stereocenters. The molecule has 2 aromatic carbocycles. The van der Waals surface area contributed by atoms with E-state index in [9.17, 15) is 4.79 Å². The van der Waals surface area contributed by atoms with E-state index in [0.29, 0.717) is 49.6 Å². The van der Waals surface area contributed by atoms with Crippen molar-refractivity contribution in [1.82, 2.24) is 14.6 Å². The number of fused-ring (bicyclic) bond motifs is 1. The summed E-state index contributed by atoms with van der Waals surface area (Å²) in [5.41, 5.74) is 1.08. The van der Waals surface area contributed by atoms with E-state index in [1.54, 1.807) is 50.6 Å². The number of hydrogen-bond donors (Lipinski definition) is 0. The molecule has 0 amide bonds. The Labute approximate surface area is 187 Å². The van der Waals surface area contributed by atoms with Crippen molar-refractivity contribution < 1.29 is 23.7 Å². The number of thiazole rings is 1. The molecule has 32 heavy (non-hydrogen) atoms. The molecule has 0 radical (unpaired) electrons. The summed E-state index contributed by atoms with van der Waals surface area (Å²) in [7, 11) is 7.75. The maximum atomic E-state index is 13.0. The molecule has 4 rings (SSSR count). The molecule has 0 saturated carbocycles. The number of aromatic nitrogens is 3. The quantitative estimate of drug-likeness (QED) is 0.420. The minimum absolute atomic E-state index is 0.277. The maximum Gasteiger partial charge on any atom is 0.291 e. The first-order valence-corrected chi connectivity index (χ1v) is 10.3. The largest absolute Gasteiger partial charge is 0.497 e. The second kappa shape index (κ2) is 8.75. The van der Waals surface area contributed by atoms with Gasteiger partial charge >= 0.3 is 0 Å². The van der Waals surface area contributed by atoms with Gasteiger partial charge in [-0.05, 0) is 36.4 Å². The highest BCUT2D eigenvalue weighted by atomic mass is 32.1. The Morgan fingerprint density at radius 3 is 2.12 bits per heavy atom. The standard InChI is InChI=1S/C22H21N3O6S/c1-27-14-6-7-15(28-2)12(8-14)11-18-21(26)25-22(32-18)23-20(24-25)13-9-16(29-3)19(31-5)17(10-13)30-4/h6-11H,1-5H3/b18-11-. The monoisotopic (exact) mass is 455 g/mol. The fourth-order valence-corrected chi connectivity index (χ4v) is 4.16. The smallest absolute Gasteiger partial charge is 0.291 e. The molecule has 9 nitrogen and oxygen atoms in total. The predicted molar refractivity (Wildman–Crippen MR) is 121 cm³/mol. The first-order valence-electron chi connectivity index (χ1n) is 9.46. The number of ether oxygens (including phenoxy) is 5. The molecule has 10 heteroatoms. The maximum absolute atomic E-state index is 13.0. The third-order valence-electron chi connectivity index (χ3n) is 4.83. The van der Waals surface area contributed by atoms with E-state index in [1.165, 1.54) is 37.2 Å². The lowest BCUT2D eigenvalue weighted by Gasteiger charge is -2.12. The third-order valence-corrected chi connectivity index (χ3v) is 5.79. The Bertz CT molecular complexity index is 1370. The second-order valence-corrected chi connectivity index (χ2v) is 7.58. The van der Waals surface area contributed by atoms with Crippen LogP contribution in [0.3, 0.4) is 0 Å². The lowest BCUT2D eigenvalue weighted by molar-refractivity contribution is 0.324. The highest BCUT2D eigenvalue weighted by Gasteiger charge is 2.18. The highest BCUT2D eigenvalue weighted by molar-refractivity contribution is 7.15. The van der Waals surface area contributed by atoms with Crippen molar-refractivity contribution >= 4 is 22.4 Å². The number of benzene rings is 2. The summed E-state index contributed by atoms with van der Waals surface area (Å²) in [6.45, 7) is 0. The van der Waals surface area contributed by atoms with Gasteiger partial charge in [0, 0.05) is 11.1 Å². The summed E-state index contributed by atoms with van der Waals surface area (Å²) >= 11 is 1.23. The molecule has 0 bridgehead atoms. The summed E-state index contributed by atoms with van der Waals surface area (Å²) in [6, 6.07) is 8.85. The Kier molecular flexibility index (Phi) is 5.87. The molecule has 0 N–H and O–H groups in total. The molecule has 2 heterocycles. The Morgan fingerprint density at radius 1 is 0.875 bits per heavy atom. The highest BCUT2D eigenvalue weighted by Crippen LogP contribution is 2.40. The molecular weight excluding hydrogens is 434 g/mol. The van der Waals surface area contributed by atoms with E-state index in [-0.39, 0.29) is 5.56 Å². The van der Waals surface area contributed by atoms with Crippen molar-refractivity contribution in [3.63, 3.8) is 0 Å². The summed E-state index contributed by atoms with van der Waals surface area (Å²) in [5.74, 6) is 3.07. The van der Waals surface area contributed by atoms with E-state index in [2.05, 4.69) is 10.1 Å². The summed E-state index contributed by atoms with van der Waals surface area (Å²) < 4.78 is 28.6. The molecule has 0 saturated heterocycles. The van der Waals surface area contributed by atoms with Gasteiger partial charge in [0.15, 0.2) is 17.3 Å². The van der Waals surface area contributed by atoms with Crippen molar-refractivity contribution in [2.24, 2.45) is 0 Å². The van der Waals surface area contributed by atoms with Crippen LogP contribution in [0.2, 0.25) is 0 Å². The van der Waals surface area contributed by atoms with Crippen LogP contribution in [0, 0.1) is 0 Å². The van der Waals surface area contributed by atoms with E-state index in [1.807, 2.05) is 0 Å². The van der Waals surface area contributed by atoms with Gasteiger partial charge in [-0.2, -0.15) is 9.50 Å². The first kappa shape index (κ1) is 21.4. The lowest BCUT2D eigenvalue weighted by Crippen LogP contribution is -2.23. The van der Waals surface area contributed by atoms with Crippen LogP contribution in [0.4, 0.5) is 0 Å². The van der Waals surface area contributed by atoms with Crippen LogP contribution in [-0.4, -0.2) is 50.1 Å². The number of rotatable bonds is 7. The van der Waals surface area contributed by atoms with Gasteiger partial charge in [0.25, 0.3) is 5.56 Å². The summed E-state index contributed by atoms with van der Waals surface area (Å²) in [6.07, 6.45) is 1.74. The fraction of sp³-hybridized carbons (Fsp3) is 0.227. The van der Waals surface area contributed by atoms with Crippen molar-refractivity contribution in [2.45, 2.75) is 0 Å². The van der Waals surface area contributed by atoms with Gasteiger partial charge in [-0.1, -0.05) is 11.3 Å². The van der Waals surface area contributed by atoms with Gasteiger partial charge in [-0.3, -0.25) is 4.79 Å². The second-order valence-electron chi connectivity index (χ2n) is 6.57. The van der Waals surface area contributed by atoms with Crippen molar-refractivity contribution in [2.75, 3.05) is 35.5 Å². The van der Waals surface area contributed by atoms with Crippen molar-refractivity contribution in [3.05, 3.63) is 50.8 Å². The number of hydrogen-bond acceptors (Lipinski definition) is 9. The van der Waals surface area contributed by atoms with Crippen LogP contribution < -0.4 is 33.8 Å². The molecule has 0 spiro atoms. The molecular formula is C22H21N3O6S. The fourth-order valence-electron chi connectivity index (χ4n) is 3.26. The van der Waals surface area contributed by atoms with Crippen LogP contribution in [0.5, 0.6) is 28.7 Å². The van der Waals surface area contributed by atoms with Gasteiger partial charge in [0.1, 0.15) is 11.5 Å². The Balaban J connectivity index is 1.82. The molecule has 4 aromatic rings. The predicted octanol–water partition coefficient (Wildman–Crippen LogP) is 2.41. The van der Waals surface area contributed by atoms with Crippen LogP contribution in [0.15, 0.2) is 35.1 Å². The molecule has 166 valence electrons. The van der Waals surface area contributed by atoms with Crippen molar-refractivity contribution in [3.8, 4) is 40.1 Å². The van der Waals surface area contributed by atoms with Crippen LogP contribution in [-0.2, 0) is 0 Å². The molecule has 2 aromatic heterocycles. The van der Waals surface area contributed by atoms with E-state index in [4.69, 9.17) is 23.7 Å². The van der Waals surface area contributed by atoms with Gasteiger partial charge in [-0.25, -0.2) is 0 Å². The molecule has 0 atom stereocenters. The third kappa shape index (κ3) is 3.69. The zero-order valence-corrected chi connectivity index (χ0v) is 19.0. The average molecular weight is 455 g/mol. The Hall–Kier alpha value is -3.79. The number of methoxy groups -OCH3 is 5. The lowest BCUT2D eigenvalue weighted by atomic mass is 10.1. The van der Waals surface area contributed by atoms with E-state index >= 15 is 0 Å². The van der Waals surface area contributed by atoms with Crippen LogP contribution in [0.25, 0.3) is 22.4 Å². The summed E-state index contributed by atoms with van der Waals surface area (Å²) in [4.78, 5) is 18.0. The summed E-state index contributed by atoms with van der Waals surface area (Å²) in [5, 5.41) is 4.40. The zero-order valence-electron chi connectivity index (χ0n) is 18.2. The van der Waals surface area contributed by atoms with Gasteiger partial charge < -0.3 is 23.7 Å². The normalized spacial score (nSPS) is 11.6. The molecule has 0 aliphatic rings. The topological polar surface area (TPSA) is 93.4 Å². The molecule has 0 aliphatic heterocycles. The van der Waals surface area contributed by atoms with Crippen LogP contribution >= 0.6 is 11.3 Å². The molecule has 0 aliphatic carbocycles. The van der Waals surface area contributed by atoms with Gasteiger partial charge in [-0.15, -0.1) is 5.10 Å². The average Bonchev–Trinajstić information content (AvgIpc) is 3.37. The van der Waals surface area contributed by atoms with E-state index in [0.717, 1.165) is 5.56 Å². The van der Waals surface area contributed by atoms with Crippen LogP contribution in [0.1, 0.15) is 5.56 Å². The zero-order chi connectivity index (χ0) is 22.8. The molecule has 0 fully saturated rings.